The number of ether oxygens (including phenoxy) is 2. The number of carbonyl (C=O) groups excluding carboxylic acids is 2. The summed E-state index contributed by atoms with van der Waals surface area (Å²) in [5.41, 5.74) is 0.495. The van der Waals surface area contributed by atoms with E-state index in [2.05, 4.69) is 24.8 Å². The number of hydrogen-bond donors (Lipinski definition) is 1. The molecule has 0 fully saturated rings. The van der Waals surface area contributed by atoms with Crippen molar-refractivity contribution in [3.05, 3.63) is 89.3 Å². The molecule has 0 aliphatic heterocycles. The molecule has 3 rings (SSSR count). The maximum Gasteiger partial charge on any atom is 0.573 e. The molecule has 3 aromatic rings. The Kier molecular flexibility index (Phi) is 6.67. The van der Waals surface area contributed by atoms with Gasteiger partial charge in [0.25, 0.3) is 5.91 Å². The van der Waals surface area contributed by atoms with Crippen LogP contribution in [-0.4, -0.2) is 35.3 Å². The van der Waals surface area contributed by atoms with Gasteiger partial charge in [-0.15, -0.1) is 13.2 Å². The normalized spacial score (nSPS) is 12.0. The number of amides is 1. The second-order valence-corrected chi connectivity index (χ2v) is 6.32. The van der Waals surface area contributed by atoms with Gasteiger partial charge < -0.3 is 14.8 Å². The predicted molar refractivity (Wildman–Crippen MR) is 102 cm³/mol. The zero-order chi connectivity index (χ0) is 23.3. The first-order valence-electron chi connectivity index (χ1n) is 8.99. The molecule has 1 atom stereocenters. The van der Waals surface area contributed by atoms with Crippen molar-refractivity contribution < 1.29 is 36.6 Å². The molecule has 7 nitrogen and oxygen atoms in total. The van der Waals surface area contributed by atoms with Gasteiger partial charge in [0.15, 0.2) is 11.6 Å². The highest BCUT2D eigenvalue weighted by Crippen LogP contribution is 2.29. The lowest BCUT2D eigenvalue weighted by atomic mass is 10.0. The third-order valence-corrected chi connectivity index (χ3v) is 4.19. The number of halogens is 4. The fraction of sp³-hybridized carbons (Fsp3) is 0.143. The number of hydrogen-bond acceptors (Lipinski definition) is 6. The summed E-state index contributed by atoms with van der Waals surface area (Å²) >= 11 is 0. The molecule has 0 spiro atoms. The SMILES string of the molecule is COC(=O)c1ccc(C(=O)NC(c2ccc(OC(F)(F)F)c(F)c2)c2ccccn2)nc1. The predicted octanol–water partition coefficient (Wildman–Crippen LogP) is 3.82. The van der Waals surface area contributed by atoms with Crippen LogP contribution in [0.5, 0.6) is 5.75 Å². The Morgan fingerprint density at radius 2 is 1.84 bits per heavy atom. The first-order valence-corrected chi connectivity index (χ1v) is 8.99. The van der Waals surface area contributed by atoms with Crippen LogP contribution in [0.4, 0.5) is 17.6 Å². The van der Waals surface area contributed by atoms with Gasteiger partial charge in [-0.1, -0.05) is 12.1 Å². The molecule has 32 heavy (non-hydrogen) atoms. The Morgan fingerprint density at radius 3 is 2.41 bits per heavy atom. The third-order valence-electron chi connectivity index (χ3n) is 4.19. The fourth-order valence-electron chi connectivity index (χ4n) is 2.75. The van der Waals surface area contributed by atoms with E-state index in [9.17, 15) is 27.2 Å². The highest BCUT2D eigenvalue weighted by Gasteiger charge is 2.32. The van der Waals surface area contributed by atoms with Crippen LogP contribution in [0.15, 0.2) is 60.9 Å². The van der Waals surface area contributed by atoms with Crippen LogP contribution in [0.2, 0.25) is 0 Å². The van der Waals surface area contributed by atoms with Gasteiger partial charge in [0.2, 0.25) is 0 Å². The summed E-state index contributed by atoms with van der Waals surface area (Å²) in [6, 6.07) is 9.22. The second kappa shape index (κ2) is 9.41. The van der Waals surface area contributed by atoms with E-state index in [4.69, 9.17) is 0 Å². The zero-order valence-electron chi connectivity index (χ0n) is 16.4. The van der Waals surface area contributed by atoms with E-state index >= 15 is 0 Å². The van der Waals surface area contributed by atoms with E-state index in [1.54, 1.807) is 18.2 Å². The summed E-state index contributed by atoms with van der Waals surface area (Å²) < 4.78 is 59.7. The minimum atomic E-state index is -5.06. The summed E-state index contributed by atoms with van der Waals surface area (Å²) in [7, 11) is 1.20. The van der Waals surface area contributed by atoms with Gasteiger partial charge in [0.05, 0.1) is 24.4 Å². The molecule has 2 aromatic heterocycles. The molecule has 1 amide bonds. The number of aromatic nitrogens is 2. The monoisotopic (exact) mass is 449 g/mol. The number of alkyl halides is 3. The van der Waals surface area contributed by atoms with Crippen LogP contribution < -0.4 is 10.1 Å². The van der Waals surface area contributed by atoms with Gasteiger partial charge in [-0.25, -0.2) is 9.18 Å². The van der Waals surface area contributed by atoms with E-state index in [1.165, 1.54) is 31.5 Å². The summed E-state index contributed by atoms with van der Waals surface area (Å²) in [6.07, 6.45) is -2.46. The molecular weight excluding hydrogens is 434 g/mol. The standard InChI is InChI=1S/C21H15F4N3O4/c1-31-20(30)13-5-7-16(27-11-13)19(29)28-18(15-4-2-3-9-26-15)12-6-8-17(14(22)10-12)32-21(23,24)25/h2-11,18H,1H3,(H,28,29). The molecule has 166 valence electrons. The van der Waals surface area contributed by atoms with E-state index < -0.39 is 35.8 Å². The van der Waals surface area contributed by atoms with Crippen molar-refractivity contribution in [2.45, 2.75) is 12.4 Å². The molecule has 11 heteroatoms. The van der Waals surface area contributed by atoms with Gasteiger partial charge in [-0.3, -0.25) is 14.8 Å². The Bertz CT molecular complexity index is 1110. The number of benzene rings is 1. The molecule has 0 saturated carbocycles. The highest BCUT2D eigenvalue weighted by atomic mass is 19.4. The lowest BCUT2D eigenvalue weighted by molar-refractivity contribution is -0.275. The molecule has 2 heterocycles. The molecule has 0 aliphatic rings. The van der Waals surface area contributed by atoms with Crippen LogP contribution in [0.1, 0.15) is 38.1 Å². The van der Waals surface area contributed by atoms with Crippen LogP contribution in [0, 0.1) is 5.82 Å². The second-order valence-electron chi connectivity index (χ2n) is 6.32. The summed E-state index contributed by atoms with van der Waals surface area (Å²) in [5, 5.41) is 2.61. The molecule has 0 saturated heterocycles. The number of rotatable bonds is 6. The summed E-state index contributed by atoms with van der Waals surface area (Å²) in [4.78, 5) is 32.2. The average Bonchev–Trinajstić information content (AvgIpc) is 2.78. The number of nitrogens with zero attached hydrogens (tertiary/aromatic N) is 2. The molecule has 1 unspecified atom stereocenters. The van der Waals surface area contributed by atoms with E-state index in [1.807, 2.05) is 0 Å². The van der Waals surface area contributed by atoms with Crippen molar-refractivity contribution in [1.82, 2.24) is 15.3 Å². The van der Waals surface area contributed by atoms with Crippen LogP contribution in [0.3, 0.4) is 0 Å². The van der Waals surface area contributed by atoms with Crippen LogP contribution in [0.25, 0.3) is 0 Å². The lowest BCUT2D eigenvalue weighted by Gasteiger charge is -2.19. The van der Waals surface area contributed by atoms with E-state index in [0.29, 0.717) is 5.69 Å². The van der Waals surface area contributed by atoms with Gasteiger partial charge in [-0.05, 0) is 42.0 Å². The van der Waals surface area contributed by atoms with Crippen LogP contribution >= 0.6 is 0 Å². The maximum absolute atomic E-state index is 14.3. The van der Waals surface area contributed by atoms with Crippen molar-refractivity contribution in [1.29, 1.82) is 0 Å². The number of nitrogens with one attached hydrogen (secondary N) is 1. The molecule has 0 bridgehead atoms. The number of methoxy groups -OCH3 is 1. The topological polar surface area (TPSA) is 90.4 Å². The van der Waals surface area contributed by atoms with Crippen molar-refractivity contribution >= 4 is 11.9 Å². The summed E-state index contributed by atoms with van der Waals surface area (Å²) in [6.45, 7) is 0. The lowest BCUT2D eigenvalue weighted by Crippen LogP contribution is -2.30. The smallest absolute Gasteiger partial charge is 0.465 e. The molecule has 1 aromatic carbocycles. The average molecular weight is 449 g/mol. The maximum atomic E-state index is 14.3. The van der Waals surface area contributed by atoms with Crippen molar-refractivity contribution in [2.75, 3.05) is 7.11 Å². The number of esters is 1. The first kappa shape index (κ1) is 22.7. The quantitative estimate of drug-likeness (QED) is 0.455. The van der Waals surface area contributed by atoms with Crippen molar-refractivity contribution in [3.8, 4) is 5.75 Å². The zero-order valence-corrected chi connectivity index (χ0v) is 16.4. The third kappa shape index (κ3) is 5.56. The van der Waals surface area contributed by atoms with E-state index in [-0.39, 0.29) is 16.8 Å². The Balaban J connectivity index is 1.90. The Morgan fingerprint density at radius 1 is 1.06 bits per heavy atom. The molecule has 0 radical (unpaired) electrons. The Hall–Kier alpha value is -4.02. The number of carbonyl (C=O) groups is 2. The van der Waals surface area contributed by atoms with Gasteiger partial charge >= 0.3 is 12.3 Å². The minimum Gasteiger partial charge on any atom is -0.465 e. The van der Waals surface area contributed by atoms with E-state index in [0.717, 1.165) is 18.3 Å². The largest absolute Gasteiger partial charge is 0.573 e. The Labute approximate surface area is 179 Å². The van der Waals surface area contributed by atoms with Crippen molar-refractivity contribution in [3.63, 3.8) is 0 Å². The summed E-state index contributed by atoms with van der Waals surface area (Å²) in [5.74, 6) is -3.59. The fourth-order valence-corrected chi connectivity index (χ4v) is 2.75. The highest BCUT2D eigenvalue weighted by molar-refractivity contribution is 5.94. The van der Waals surface area contributed by atoms with Crippen LogP contribution in [-0.2, 0) is 4.74 Å². The van der Waals surface area contributed by atoms with Gasteiger partial charge in [0, 0.05) is 12.4 Å². The van der Waals surface area contributed by atoms with Gasteiger partial charge in [-0.2, -0.15) is 0 Å². The first-order chi connectivity index (χ1) is 15.2. The molecule has 1 N–H and O–H groups in total. The minimum absolute atomic E-state index is 0.0592. The molecule has 0 aliphatic carbocycles. The van der Waals surface area contributed by atoms with Gasteiger partial charge in [0.1, 0.15) is 5.69 Å². The molecular formula is C21H15F4N3O4. The number of pyridine rings is 2. The van der Waals surface area contributed by atoms with Crippen molar-refractivity contribution in [2.24, 2.45) is 0 Å².